The van der Waals surface area contributed by atoms with Crippen LogP contribution >= 0.6 is 11.3 Å². The fraction of sp³-hybridized carbons (Fsp3) is 0.727. The fourth-order valence-corrected chi connectivity index (χ4v) is 3.07. The minimum atomic E-state index is 0.409. The van der Waals surface area contributed by atoms with E-state index in [2.05, 4.69) is 12.2 Å². The Morgan fingerprint density at radius 2 is 2.07 bits per heavy atom. The second-order valence-electron chi connectivity index (χ2n) is 3.99. The number of fused-ring (bicyclic) bond motifs is 1. The molecular weight excluding hydrogens is 192 g/mol. The van der Waals surface area contributed by atoms with Crippen LogP contribution in [0.25, 0.3) is 0 Å². The smallest absolute Gasteiger partial charge is 0.110 e. The first kappa shape index (κ1) is 10.1. The Morgan fingerprint density at radius 3 is 2.86 bits per heavy atom. The summed E-state index contributed by atoms with van der Waals surface area (Å²) in [5.41, 5.74) is 1.38. The topological polar surface area (TPSA) is 24.9 Å². The molecule has 0 aromatic carbocycles. The van der Waals surface area contributed by atoms with Gasteiger partial charge in [0, 0.05) is 4.88 Å². The maximum atomic E-state index is 4.74. The number of nitrogens with one attached hydrogen (secondary N) is 1. The standard InChI is InChI=1S/C11H18N2S/c1-8(12-2)11-13-9-6-4-3-5-7-10(9)14-11/h8,12H,3-7H2,1-2H3. The largest absolute Gasteiger partial charge is 0.311 e. The van der Waals surface area contributed by atoms with Crippen LogP contribution in [0.15, 0.2) is 0 Å². The number of aromatic nitrogens is 1. The normalized spacial score (nSPS) is 18.7. The van der Waals surface area contributed by atoms with Gasteiger partial charge < -0.3 is 5.32 Å². The zero-order chi connectivity index (χ0) is 9.97. The van der Waals surface area contributed by atoms with Crippen molar-refractivity contribution in [3.63, 3.8) is 0 Å². The van der Waals surface area contributed by atoms with Crippen molar-refractivity contribution < 1.29 is 0 Å². The summed E-state index contributed by atoms with van der Waals surface area (Å²) in [6.45, 7) is 2.18. The Labute approximate surface area is 89.8 Å². The maximum absolute atomic E-state index is 4.74. The van der Waals surface area contributed by atoms with Crippen molar-refractivity contribution in [2.24, 2.45) is 0 Å². The Balaban J connectivity index is 2.22. The van der Waals surface area contributed by atoms with Crippen molar-refractivity contribution in [2.75, 3.05) is 7.05 Å². The lowest BCUT2D eigenvalue weighted by Crippen LogP contribution is -2.11. The minimum absolute atomic E-state index is 0.409. The average Bonchev–Trinajstić information content (AvgIpc) is 2.49. The van der Waals surface area contributed by atoms with Gasteiger partial charge in [-0.1, -0.05) is 6.42 Å². The van der Waals surface area contributed by atoms with Crippen LogP contribution < -0.4 is 5.32 Å². The first-order chi connectivity index (χ1) is 6.81. The molecule has 1 aromatic heterocycles. The molecule has 2 nitrogen and oxygen atoms in total. The van der Waals surface area contributed by atoms with E-state index in [0.717, 1.165) is 0 Å². The van der Waals surface area contributed by atoms with Crippen molar-refractivity contribution in [3.8, 4) is 0 Å². The highest BCUT2D eigenvalue weighted by Gasteiger charge is 2.16. The number of aryl methyl sites for hydroxylation is 2. The monoisotopic (exact) mass is 210 g/mol. The lowest BCUT2D eigenvalue weighted by molar-refractivity contribution is 0.642. The van der Waals surface area contributed by atoms with Gasteiger partial charge in [0.15, 0.2) is 0 Å². The Hall–Kier alpha value is -0.410. The molecule has 2 rings (SSSR count). The molecule has 0 aliphatic heterocycles. The van der Waals surface area contributed by atoms with E-state index < -0.39 is 0 Å². The van der Waals surface area contributed by atoms with Crippen LogP contribution in [0.4, 0.5) is 0 Å². The van der Waals surface area contributed by atoms with E-state index in [1.54, 1.807) is 4.88 Å². The molecule has 1 atom stereocenters. The third kappa shape index (κ3) is 1.98. The molecule has 0 bridgehead atoms. The van der Waals surface area contributed by atoms with E-state index in [4.69, 9.17) is 4.98 Å². The fourth-order valence-electron chi connectivity index (χ4n) is 1.86. The predicted molar refractivity (Wildman–Crippen MR) is 60.8 cm³/mol. The lowest BCUT2D eigenvalue weighted by Gasteiger charge is -2.04. The Kier molecular flexibility index (Phi) is 3.19. The number of nitrogens with zero attached hydrogens (tertiary/aromatic N) is 1. The third-order valence-electron chi connectivity index (χ3n) is 2.92. The summed E-state index contributed by atoms with van der Waals surface area (Å²) in [6, 6.07) is 0.409. The Bertz CT molecular complexity index is 283. The van der Waals surface area contributed by atoms with E-state index in [0.29, 0.717) is 6.04 Å². The third-order valence-corrected chi connectivity index (χ3v) is 4.26. The highest BCUT2D eigenvalue weighted by atomic mass is 32.1. The van der Waals surface area contributed by atoms with Crippen molar-refractivity contribution in [2.45, 2.75) is 45.1 Å². The first-order valence-electron chi connectivity index (χ1n) is 5.47. The zero-order valence-corrected chi connectivity index (χ0v) is 9.78. The van der Waals surface area contributed by atoms with Gasteiger partial charge in [-0.05, 0) is 39.7 Å². The lowest BCUT2D eigenvalue weighted by atomic mass is 10.2. The predicted octanol–water partition coefficient (Wildman–Crippen LogP) is 2.69. The van der Waals surface area contributed by atoms with Crippen LogP contribution in [0.3, 0.4) is 0 Å². The maximum Gasteiger partial charge on any atom is 0.110 e. The highest BCUT2D eigenvalue weighted by molar-refractivity contribution is 7.11. The van der Waals surface area contributed by atoms with Crippen LogP contribution in [0.2, 0.25) is 0 Å². The zero-order valence-electron chi connectivity index (χ0n) is 8.97. The molecule has 0 saturated heterocycles. The van der Waals surface area contributed by atoms with E-state index in [-0.39, 0.29) is 0 Å². The average molecular weight is 210 g/mol. The van der Waals surface area contributed by atoms with Crippen molar-refractivity contribution in [1.82, 2.24) is 10.3 Å². The molecule has 1 heterocycles. The van der Waals surface area contributed by atoms with E-state index >= 15 is 0 Å². The molecule has 0 spiro atoms. The van der Waals surface area contributed by atoms with Gasteiger partial charge >= 0.3 is 0 Å². The second-order valence-corrected chi connectivity index (χ2v) is 5.11. The SMILES string of the molecule is CNC(C)c1nc2c(s1)CCCCC2. The van der Waals surface area contributed by atoms with Gasteiger partial charge in [-0.25, -0.2) is 4.98 Å². The summed E-state index contributed by atoms with van der Waals surface area (Å²) in [5, 5.41) is 4.52. The molecule has 1 aromatic rings. The molecule has 1 aliphatic carbocycles. The van der Waals surface area contributed by atoms with Gasteiger partial charge in [0.05, 0.1) is 11.7 Å². The molecule has 1 unspecified atom stereocenters. The summed E-state index contributed by atoms with van der Waals surface area (Å²) in [4.78, 5) is 6.28. The van der Waals surface area contributed by atoms with Gasteiger partial charge in [-0.2, -0.15) is 0 Å². The van der Waals surface area contributed by atoms with Crippen LogP contribution in [-0.4, -0.2) is 12.0 Å². The van der Waals surface area contributed by atoms with Gasteiger partial charge in [-0.15, -0.1) is 11.3 Å². The number of hydrogen-bond donors (Lipinski definition) is 1. The van der Waals surface area contributed by atoms with E-state index in [9.17, 15) is 0 Å². The molecule has 14 heavy (non-hydrogen) atoms. The van der Waals surface area contributed by atoms with Crippen molar-refractivity contribution in [1.29, 1.82) is 0 Å². The Morgan fingerprint density at radius 1 is 1.29 bits per heavy atom. The van der Waals surface area contributed by atoms with Gasteiger partial charge in [0.1, 0.15) is 5.01 Å². The number of rotatable bonds is 2. The molecule has 0 fully saturated rings. The minimum Gasteiger partial charge on any atom is -0.311 e. The summed E-state index contributed by atoms with van der Waals surface area (Å²) in [6.07, 6.45) is 6.50. The van der Waals surface area contributed by atoms with Crippen LogP contribution in [-0.2, 0) is 12.8 Å². The van der Waals surface area contributed by atoms with Gasteiger partial charge in [0.25, 0.3) is 0 Å². The molecule has 0 saturated carbocycles. The summed E-state index contributed by atoms with van der Waals surface area (Å²) in [5.74, 6) is 0. The second kappa shape index (κ2) is 4.41. The molecule has 1 aliphatic rings. The molecule has 78 valence electrons. The summed E-state index contributed by atoms with van der Waals surface area (Å²) in [7, 11) is 2.00. The van der Waals surface area contributed by atoms with Crippen LogP contribution in [0.1, 0.15) is 47.8 Å². The highest BCUT2D eigenvalue weighted by Crippen LogP contribution is 2.28. The van der Waals surface area contributed by atoms with Gasteiger partial charge in [0.2, 0.25) is 0 Å². The number of thiazole rings is 1. The molecule has 3 heteroatoms. The van der Waals surface area contributed by atoms with Crippen LogP contribution in [0.5, 0.6) is 0 Å². The van der Waals surface area contributed by atoms with Crippen molar-refractivity contribution in [3.05, 3.63) is 15.6 Å². The van der Waals surface area contributed by atoms with Crippen LogP contribution in [0, 0.1) is 0 Å². The summed E-state index contributed by atoms with van der Waals surface area (Å²) < 4.78 is 0. The quantitative estimate of drug-likeness (QED) is 0.759. The van der Waals surface area contributed by atoms with E-state index in [1.807, 2.05) is 18.4 Å². The number of hydrogen-bond acceptors (Lipinski definition) is 3. The molecule has 0 amide bonds. The van der Waals surface area contributed by atoms with Gasteiger partial charge in [-0.3, -0.25) is 0 Å². The summed E-state index contributed by atoms with van der Waals surface area (Å²) >= 11 is 1.91. The molecular formula is C11H18N2S. The van der Waals surface area contributed by atoms with Crippen molar-refractivity contribution >= 4 is 11.3 Å². The van der Waals surface area contributed by atoms with E-state index in [1.165, 1.54) is 42.8 Å². The molecule has 0 radical (unpaired) electrons. The molecule has 1 N–H and O–H groups in total. The first-order valence-corrected chi connectivity index (χ1v) is 6.28.